The molecule has 2 rings (SSSR count). The smallest absolute Gasteiger partial charge is 0.289 e. The lowest BCUT2D eigenvalue weighted by atomic mass is 10.1. The van der Waals surface area contributed by atoms with Gasteiger partial charge in [0.1, 0.15) is 0 Å². The van der Waals surface area contributed by atoms with Crippen LogP contribution in [0.3, 0.4) is 0 Å². The van der Waals surface area contributed by atoms with E-state index in [0.29, 0.717) is 6.42 Å². The van der Waals surface area contributed by atoms with E-state index in [9.17, 15) is 4.79 Å². The van der Waals surface area contributed by atoms with Gasteiger partial charge in [0, 0.05) is 4.47 Å². The molecule has 0 aliphatic carbocycles. The van der Waals surface area contributed by atoms with Gasteiger partial charge in [0.15, 0.2) is 12.5 Å². The Morgan fingerprint density at radius 1 is 1.40 bits per heavy atom. The van der Waals surface area contributed by atoms with Crippen LogP contribution in [-0.2, 0) is 16.0 Å². The fourth-order valence-electron chi connectivity index (χ4n) is 1.48. The Labute approximate surface area is 96.3 Å². The molecule has 1 heterocycles. The maximum absolute atomic E-state index is 11.1. The van der Waals surface area contributed by atoms with Gasteiger partial charge in [0.2, 0.25) is 0 Å². The molecule has 0 fully saturated rings. The number of carbonyl (C=O) groups is 1. The number of benzene rings is 1. The zero-order valence-electron chi connectivity index (χ0n) is 8.02. The van der Waals surface area contributed by atoms with Gasteiger partial charge in [0.05, 0.1) is 0 Å². The van der Waals surface area contributed by atoms with Crippen molar-refractivity contribution in [1.29, 1.82) is 0 Å². The largest absolute Gasteiger partial charge is 0.470 e. The van der Waals surface area contributed by atoms with E-state index in [1.54, 1.807) is 0 Å². The summed E-state index contributed by atoms with van der Waals surface area (Å²) in [6.07, 6.45) is 2.31. The Bertz CT molecular complexity index is 403. The molecule has 1 aliphatic heterocycles. The molecule has 0 saturated carbocycles. The van der Waals surface area contributed by atoms with Crippen LogP contribution in [0.25, 0.3) is 0 Å². The van der Waals surface area contributed by atoms with Gasteiger partial charge in [-0.3, -0.25) is 4.79 Å². The summed E-state index contributed by atoms with van der Waals surface area (Å²) in [5.74, 6) is -0.179. The van der Waals surface area contributed by atoms with Crippen LogP contribution < -0.4 is 0 Å². The lowest BCUT2D eigenvalue weighted by Gasteiger charge is -2.08. The molecule has 0 N–H and O–H groups in total. The first-order valence-corrected chi connectivity index (χ1v) is 5.52. The van der Waals surface area contributed by atoms with Crippen molar-refractivity contribution >= 4 is 28.2 Å². The monoisotopic (exact) mass is 267 g/mol. The molecule has 0 bridgehead atoms. The molecule has 1 amide bonds. The number of nitrogens with zero attached hydrogens (tertiary/aromatic N) is 1. The van der Waals surface area contributed by atoms with Gasteiger partial charge in [-0.25, -0.2) is 0 Å². The Balaban J connectivity index is 1.94. The number of hydrogen-bond donors (Lipinski definition) is 0. The van der Waals surface area contributed by atoms with Crippen LogP contribution in [0.15, 0.2) is 33.7 Å². The Morgan fingerprint density at radius 2 is 2.20 bits per heavy atom. The molecule has 1 aliphatic rings. The third kappa shape index (κ3) is 2.45. The second-order valence-electron chi connectivity index (χ2n) is 3.33. The molecular formula is C11H10BrNO2. The molecule has 0 spiro atoms. The highest BCUT2D eigenvalue weighted by Crippen LogP contribution is 2.19. The molecule has 1 aromatic carbocycles. The summed E-state index contributed by atoms with van der Waals surface area (Å²) >= 11 is 3.46. The second kappa shape index (κ2) is 4.57. The molecular weight excluding hydrogens is 258 g/mol. The molecule has 0 saturated heterocycles. The van der Waals surface area contributed by atoms with E-state index in [0.717, 1.165) is 10.9 Å². The number of hydrogen-bond acceptors (Lipinski definition) is 2. The zero-order chi connectivity index (χ0) is 10.7. The molecule has 1 aromatic rings. The van der Waals surface area contributed by atoms with Crippen molar-refractivity contribution in [2.24, 2.45) is 4.99 Å². The van der Waals surface area contributed by atoms with Crippen LogP contribution in [0, 0.1) is 0 Å². The van der Waals surface area contributed by atoms with E-state index in [1.165, 1.54) is 12.0 Å². The lowest BCUT2D eigenvalue weighted by molar-refractivity contribution is -0.122. The topological polar surface area (TPSA) is 38.7 Å². The molecule has 78 valence electrons. The van der Waals surface area contributed by atoms with Crippen molar-refractivity contribution < 1.29 is 9.53 Å². The van der Waals surface area contributed by atoms with E-state index in [-0.39, 0.29) is 5.91 Å². The molecule has 4 heteroatoms. The number of aliphatic imine (C=N–C) groups is 1. The Hall–Kier alpha value is -1.16. The Morgan fingerprint density at radius 3 is 2.87 bits per heavy atom. The van der Waals surface area contributed by atoms with Gasteiger partial charge in [0.25, 0.3) is 5.91 Å². The lowest BCUT2D eigenvalue weighted by Crippen LogP contribution is -2.16. The number of carbonyl (C=O) groups excluding carboxylic acids is 1. The first-order valence-electron chi connectivity index (χ1n) is 4.72. The van der Waals surface area contributed by atoms with Crippen LogP contribution in [0.1, 0.15) is 12.0 Å². The minimum Gasteiger partial charge on any atom is -0.470 e. The molecule has 0 radical (unpaired) electrons. The van der Waals surface area contributed by atoms with E-state index in [4.69, 9.17) is 4.74 Å². The number of aryl methyl sites for hydroxylation is 1. The maximum atomic E-state index is 11.1. The summed E-state index contributed by atoms with van der Waals surface area (Å²) < 4.78 is 6.14. The Kier molecular flexibility index (Phi) is 3.16. The van der Waals surface area contributed by atoms with Crippen LogP contribution in [0.5, 0.6) is 0 Å². The summed E-state index contributed by atoms with van der Waals surface area (Å²) in [6, 6.07) is 7.97. The van der Waals surface area contributed by atoms with Crippen LogP contribution in [0.4, 0.5) is 0 Å². The summed E-state index contributed by atoms with van der Waals surface area (Å²) in [5, 5.41) is 0. The molecule has 3 nitrogen and oxygen atoms in total. The van der Waals surface area contributed by atoms with Gasteiger partial charge in [-0.1, -0.05) is 34.1 Å². The highest BCUT2D eigenvalue weighted by molar-refractivity contribution is 9.10. The third-order valence-corrected chi connectivity index (χ3v) is 3.09. The van der Waals surface area contributed by atoms with Crippen LogP contribution >= 0.6 is 15.9 Å². The average molecular weight is 268 g/mol. The molecule has 1 atom stereocenters. The van der Waals surface area contributed by atoms with Crippen molar-refractivity contribution in [3.05, 3.63) is 34.3 Å². The van der Waals surface area contributed by atoms with E-state index < -0.39 is 6.10 Å². The molecule has 1 unspecified atom stereocenters. The summed E-state index contributed by atoms with van der Waals surface area (Å²) in [5.41, 5.74) is 1.18. The van der Waals surface area contributed by atoms with E-state index >= 15 is 0 Å². The maximum Gasteiger partial charge on any atom is 0.289 e. The second-order valence-corrected chi connectivity index (χ2v) is 4.18. The number of amides is 1. The van der Waals surface area contributed by atoms with Crippen molar-refractivity contribution in [3.8, 4) is 0 Å². The minimum atomic E-state index is -0.392. The van der Waals surface area contributed by atoms with Crippen molar-refractivity contribution in [1.82, 2.24) is 0 Å². The van der Waals surface area contributed by atoms with Gasteiger partial charge in [-0.15, -0.1) is 0 Å². The highest BCUT2D eigenvalue weighted by atomic mass is 79.9. The molecule has 15 heavy (non-hydrogen) atoms. The van der Waals surface area contributed by atoms with Crippen LogP contribution in [0.2, 0.25) is 0 Å². The van der Waals surface area contributed by atoms with E-state index in [2.05, 4.69) is 20.9 Å². The predicted octanol–water partition coefficient (Wildman–Crippen LogP) is 2.34. The zero-order valence-corrected chi connectivity index (χ0v) is 9.61. The van der Waals surface area contributed by atoms with Crippen molar-refractivity contribution in [2.45, 2.75) is 18.9 Å². The summed E-state index contributed by atoms with van der Waals surface area (Å²) in [6.45, 7) is 0. The SMILES string of the molecule is O=C1N=COC1CCc1ccccc1Br. The molecule has 0 aromatic heterocycles. The van der Waals surface area contributed by atoms with Crippen LogP contribution in [-0.4, -0.2) is 18.4 Å². The van der Waals surface area contributed by atoms with E-state index in [1.807, 2.05) is 24.3 Å². The van der Waals surface area contributed by atoms with Gasteiger partial charge in [-0.2, -0.15) is 4.99 Å². The first kappa shape index (κ1) is 10.4. The predicted molar refractivity (Wildman–Crippen MR) is 60.8 cm³/mol. The third-order valence-electron chi connectivity index (χ3n) is 2.31. The van der Waals surface area contributed by atoms with Gasteiger partial charge < -0.3 is 4.74 Å². The normalized spacial score (nSPS) is 19.3. The number of rotatable bonds is 3. The van der Waals surface area contributed by atoms with Crippen molar-refractivity contribution in [2.75, 3.05) is 0 Å². The summed E-state index contributed by atoms with van der Waals surface area (Å²) in [7, 11) is 0. The standard InChI is InChI=1S/C11H10BrNO2/c12-9-4-2-1-3-8(9)5-6-10-11(14)13-7-15-10/h1-4,7,10H,5-6H2. The van der Waals surface area contributed by atoms with Gasteiger partial charge in [-0.05, 0) is 24.5 Å². The number of halogens is 1. The fraction of sp³-hybridized carbons (Fsp3) is 0.273. The fourth-order valence-corrected chi connectivity index (χ4v) is 1.96. The quantitative estimate of drug-likeness (QED) is 0.843. The number of ether oxygens (including phenoxy) is 1. The summed E-state index contributed by atoms with van der Waals surface area (Å²) in [4.78, 5) is 14.7. The highest BCUT2D eigenvalue weighted by Gasteiger charge is 2.22. The van der Waals surface area contributed by atoms with Gasteiger partial charge >= 0.3 is 0 Å². The minimum absolute atomic E-state index is 0.179. The average Bonchev–Trinajstić information content (AvgIpc) is 2.63. The van der Waals surface area contributed by atoms with Crippen molar-refractivity contribution in [3.63, 3.8) is 0 Å². The first-order chi connectivity index (χ1) is 7.27.